The van der Waals surface area contributed by atoms with E-state index < -0.39 is 22.2 Å². The Bertz CT molecular complexity index is 895. The predicted molar refractivity (Wildman–Crippen MR) is 100 cm³/mol. The number of hydrogen-bond acceptors (Lipinski definition) is 5. The van der Waals surface area contributed by atoms with Gasteiger partial charge in [0.1, 0.15) is 11.5 Å². The number of benzene rings is 2. The first kappa shape index (κ1) is 19.2. The molecule has 2 aromatic carbocycles. The summed E-state index contributed by atoms with van der Waals surface area (Å²) in [6, 6.07) is 12.7. The molecular weight excluding hydrogens is 368 g/mol. The number of ether oxygens (including phenoxy) is 2. The van der Waals surface area contributed by atoms with E-state index in [1.54, 1.807) is 31.4 Å². The molecule has 1 aliphatic rings. The van der Waals surface area contributed by atoms with Gasteiger partial charge >= 0.3 is 0 Å². The summed E-state index contributed by atoms with van der Waals surface area (Å²) >= 11 is 0. The zero-order valence-electron chi connectivity index (χ0n) is 15.0. The number of primary amides is 1. The van der Waals surface area contributed by atoms with Crippen LogP contribution >= 0.6 is 0 Å². The van der Waals surface area contributed by atoms with Gasteiger partial charge in [0.25, 0.3) is 0 Å². The highest BCUT2D eigenvalue weighted by molar-refractivity contribution is 7.89. The Morgan fingerprint density at radius 2 is 1.67 bits per heavy atom. The third-order valence-electron chi connectivity index (χ3n) is 4.48. The van der Waals surface area contributed by atoms with Gasteiger partial charge < -0.3 is 15.2 Å². The zero-order valence-corrected chi connectivity index (χ0v) is 15.8. The van der Waals surface area contributed by atoms with E-state index in [0.717, 1.165) is 12.8 Å². The molecular formula is C19H22N2O5S. The van der Waals surface area contributed by atoms with Crippen molar-refractivity contribution in [3.63, 3.8) is 0 Å². The maximum Gasteiger partial charge on any atom is 0.248 e. The first-order chi connectivity index (χ1) is 12.9. The quantitative estimate of drug-likeness (QED) is 0.816. The molecule has 8 heteroatoms. The Balaban J connectivity index is 1.83. The molecule has 1 unspecified atom stereocenters. The predicted octanol–water partition coefficient (Wildman–Crippen LogP) is 2.37. The van der Waals surface area contributed by atoms with E-state index in [1.165, 1.54) is 28.6 Å². The van der Waals surface area contributed by atoms with Crippen LogP contribution < -0.4 is 15.2 Å². The van der Waals surface area contributed by atoms with Crippen molar-refractivity contribution in [2.45, 2.75) is 30.4 Å². The van der Waals surface area contributed by atoms with Crippen LogP contribution in [0.25, 0.3) is 0 Å². The molecule has 144 valence electrons. The van der Waals surface area contributed by atoms with E-state index in [2.05, 4.69) is 0 Å². The monoisotopic (exact) mass is 390 g/mol. The first-order valence-electron chi connectivity index (χ1n) is 8.64. The topological polar surface area (TPSA) is 98.9 Å². The molecule has 2 N–H and O–H groups in total. The third-order valence-corrected chi connectivity index (χ3v) is 6.38. The van der Waals surface area contributed by atoms with Crippen LogP contribution in [0.4, 0.5) is 0 Å². The van der Waals surface area contributed by atoms with Gasteiger partial charge in [-0.25, -0.2) is 8.42 Å². The lowest BCUT2D eigenvalue weighted by atomic mass is 10.1. The second kappa shape index (κ2) is 7.98. The van der Waals surface area contributed by atoms with Crippen molar-refractivity contribution in [3.8, 4) is 11.5 Å². The standard InChI is InChI=1S/C19H22N2O5S/c1-25-15-7-9-16(10-8-15)26-18-4-2-3-13-21(18)27(23,24)17-11-5-14(6-12-17)19(20)22/h5-12,18H,2-4,13H2,1H3,(H2,20,22). The van der Waals surface area contributed by atoms with Crippen molar-refractivity contribution < 1.29 is 22.7 Å². The van der Waals surface area contributed by atoms with Crippen LogP contribution in [0, 0.1) is 0 Å². The van der Waals surface area contributed by atoms with Crippen LogP contribution in [0.2, 0.25) is 0 Å². The van der Waals surface area contributed by atoms with Gasteiger partial charge in [-0.3, -0.25) is 4.79 Å². The number of carbonyl (C=O) groups is 1. The Labute approximate surface area is 158 Å². The smallest absolute Gasteiger partial charge is 0.248 e. The van der Waals surface area contributed by atoms with Crippen LogP contribution in [0.15, 0.2) is 53.4 Å². The molecule has 0 saturated carbocycles. The summed E-state index contributed by atoms with van der Waals surface area (Å²) < 4.78 is 38.6. The van der Waals surface area contributed by atoms with E-state index in [1.807, 2.05) is 0 Å². The summed E-state index contributed by atoms with van der Waals surface area (Å²) in [7, 11) is -2.18. The van der Waals surface area contributed by atoms with Gasteiger partial charge in [-0.2, -0.15) is 4.31 Å². The molecule has 1 amide bonds. The number of amides is 1. The van der Waals surface area contributed by atoms with Crippen LogP contribution in [-0.4, -0.2) is 38.5 Å². The molecule has 2 aromatic rings. The molecule has 0 aromatic heterocycles. The normalized spacial score (nSPS) is 18.0. The van der Waals surface area contributed by atoms with Crippen molar-refractivity contribution in [2.75, 3.05) is 13.7 Å². The highest BCUT2D eigenvalue weighted by atomic mass is 32.2. The van der Waals surface area contributed by atoms with Gasteiger partial charge in [-0.15, -0.1) is 0 Å². The molecule has 3 rings (SSSR count). The highest BCUT2D eigenvalue weighted by Crippen LogP contribution is 2.28. The summed E-state index contributed by atoms with van der Waals surface area (Å²) in [4.78, 5) is 11.3. The summed E-state index contributed by atoms with van der Waals surface area (Å²) in [6.07, 6.45) is 1.66. The lowest BCUT2D eigenvalue weighted by molar-refractivity contribution is 0.0556. The van der Waals surface area contributed by atoms with E-state index in [0.29, 0.717) is 24.5 Å². The Kier molecular flexibility index (Phi) is 5.67. The second-order valence-electron chi connectivity index (χ2n) is 6.25. The van der Waals surface area contributed by atoms with E-state index in [9.17, 15) is 13.2 Å². The summed E-state index contributed by atoms with van der Waals surface area (Å²) in [5.41, 5.74) is 5.48. The molecule has 0 spiro atoms. The highest BCUT2D eigenvalue weighted by Gasteiger charge is 2.35. The number of nitrogens with zero attached hydrogens (tertiary/aromatic N) is 1. The van der Waals surface area contributed by atoms with Gasteiger partial charge in [0.15, 0.2) is 6.23 Å². The maximum absolute atomic E-state index is 13.1. The number of carbonyl (C=O) groups excluding carboxylic acids is 1. The number of nitrogens with two attached hydrogens (primary N) is 1. The average Bonchev–Trinajstić information content (AvgIpc) is 2.69. The van der Waals surface area contributed by atoms with Gasteiger partial charge in [0.2, 0.25) is 15.9 Å². The van der Waals surface area contributed by atoms with Gasteiger partial charge in [0.05, 0.1) is 12.0 Å². The fourth-order valence-corrected chi connectivity index (χ4v) is 4.58. The Morgan fingerprint density at radius 1 is 1.04 bits per heavy atom. The molecule has 1 heterocycles. The number of hydrogen-bond donors (Lipinski definition) is 1. The minimum atomic E-state index is -3.76. The largest absolute Gasteiger partial charge is 0.497 e. The number of rotatable bonds is 6. The number of sulfonamides is 1. The van der Waals surface area contributed by atoms with Crippen molar-refractivity contribution in [3.05, 3.63) is 54.1 Å². The summed E-state index contributed by atoms with van der Waals surface area (Å²) in [5.74, 6) is 0.676. The molecule has 1 saturated heterocycles. The lowest BCUT2D eigenvalue weighted by Gasteiger charge is -2.34. The number of piperidine rings is 1. The Morgan fingerprint density at radius 3 is 2.26 bits per heavy atom. The fraction of sp³-hybridized carbons (Fsp3) is 0.316. The van der Waals surface area contributed by atoms with Gasteiger partial charge in [0, 0.05) is 12.1 Å². The zero-order chi connectivity index (χ0) is 19.4. The van der Waals surface area contributed by atoms with Crippen molar-refractivity contribution >= 4 is 15.9 Å². The summed E-state index contributed by atoms with van der Waals surface area (Å²) in [5, 5.41) is 0. The van der Waals surface area contributed by atoms with Gasteiger partial charge in [-0.05, 0) is 67.8 Å². The van der Waals surface area contributed by atoms with Crippen LogP contribution in [0.1, 0.15) is 29.6 Å². The SMILES string of the molecule is COc1ccc(OC2CCCCN2S(=O)(=O)c2ccc(C(N)=O)cc2)cc1. The van der Waals surface area contributed by atoms with E-state index in [4.69, 9.17) is 15.2 Å². The van der Waals surface area contributed by atoms with Crippen molar-refractivity contribution in [1.29, 1.82) is 0 Å². The van der Waals surface area contributed by atoms with Crippen molar-refractivity contribution in [1.82, 2.24) is 4.31 Å². The second-order valence-corrected chi connectivity index (χ2v) is 8.14. The minimum absolute atomic E-state index is 0.109. The molecule has 0 aliphatic carbocycles. The third kappa shape index (κ3) is 4.23. The molecule has 1 aliphatic heterocycles. The molecule has 1 atom stereocenters. The molecule has 27 heavy (non-hydrogen) atoms. The minimum Gasteiger partial charge on any atom is -0.497 e. The van der Waals surface area contributed by atoms with Crippen LogP contribution in [0.3, 0.4) is 0 Å². The molecule has 7 nitrogen and oxygen atoms in total. The molecule has 1 fully saturated rings. The summed E-state index contributed by atoms with van der Waals surface area (Å²) in [6.45, 7) is 0.376. The van der Waals surface area contributed by atoms with Crippen LogP contribution in [-0.2, 0) is 10.0 Å². The maximum atomic E-state index is 13.1. The van der Waals surface area contributed by atoms with Crippen molar-refractivity contribution in [2.24, 2.45) is 5.73 Å². The van der Waals surface area contributed by atoms with E-state index in [-0.39, 0.29) is 10.5 Å². The lowest BCUT2D eigenvalue weighted by Crippen LogP contribution is -2.46. The van der Waals surface area contributed by atoms with Gasteiger partial charge in [-0.1, -0.05) is 0 Å². The van der Waals surface area contributed by atoms with Crippen LogP contribution in [0.5, 0.6) is 11.5 Å². The fourth-order valence-electron chi connectivity index (χ4n) is 3.01. The molecule has 0 radical (unpaired) electrons. The number of methoxy groups -OCH3 is 1. The molecule has 0 bridgehead atoms. The first-order valence-corrected chi connectivity index (χ1v) is 10.1. The Hall–Kier alpha value is -2.58. The average molecular weight is 390 g/mol. The van der Waals surface area contributed by atoms with E-state index >= 15 is 0 Å².